The van der Waals surface area contributed by atoms with Gasteiger partial charge >= 0.3 is 6.09 Å². The van der Waals surface area contributed by atoms with E-state index in [-0.39, 0.29) is 6.02 Å². The van der Waals surface area contributed by atoms with Crippen molar-refractivity contribution in [1.82, 2.24) is 5.32 Å². The van der Waals surface area contributed by atoms with Gasteiger partial charge in [-0.25, -0.2) is 9.79 Å². The molecule has 0 bridgehead atoms. The van der Waals surface area contributed by atoms with Crippen LogP contribution in [0.5, 0.6) is 0 Å². The highest BCUT2D eigenvalue weighted by Crippen LogP contribution is 1.97. The molecule has 16 heavy (non-hydrogen) atoms. The molecule has 0 aliphatic carbocycles. The SMILES string of the molecule is CCN=C(N)OC(=O)NCc1ccccc1. The monoisotopic (exact) mass is 221 g/mol. The lowest BCUT2D eigenvalue weighted by molar-refractivity contribution is 0.196. The van der Waals surface area contributed by atoms with Crippen molar-refractivity contribution in [3.8, 4) is 0 Å². The summed E-state index contributed by atoms with van der Waals surface area (Å²) in [6.07, 6.45) is -0.599. The highest BCUT2D eigenvalue weighted by Gasteiger charge is 2.03. The molecule has 5 heteroatoms. The average molecular weight is 221 g/mol. The lowest BCUT2D eigenvalue weighted by Crippen LogP contribution is -2.30. The van der Waals surface area contributed by atoms with Crippen LogP contribution in [0.2, 0.25) is 0 Å². The molecule has 1 aromatic carbocycles. The Morgan fingerprint density at radius 2 is 2.12 bits per heavy atom. The van der Waals surface area contributed by atoms with E-state index in [0.29, 0.717) is 13.1 Å². The highest BCUT2D eigenvalue weighted by molar-refractivity contribution is 5.85. The minimum atomic E-state index is -0.599. The molecule has 0 heterocycles. The fraction of sp³-hybridized carbons (Fsp3) is 0.273. The summed E-state index contributed by atoms with van der Waals surface area (Å²) in [5.41, 5.74) is 6.31. The number of hydrogen-bond donors (Lipinski definition) is 2. The summed E-state index contributed by atoms with van der Waals surface area (Å²) in [5.74, 6) is 0. The van der Waals surface area contributed by atoms with E-state index in [9.17, 15) is 4.79 Å². The first kappa shape index (κ1) is 12.0. The highest BCUT2D eigenvalue weighted by atomic mass is 16.6. The molecule has 0 atom stereocenters. The number of alkyl carbamates (subject to hydrolysis) is 1. The minimum absolute atomic E-state index is 0.118. The molecule has 0 unspecified atom stereocenters. The number of amidine groups is 1. The number of nitrogens with two attached hydrogens (primary N) is 1. The van der Waals surface area contributed by atoms with Gasteiger partial charge in [-0.15, -0.1) is 0 Å². The molecule has 1 aromatic rings. The third kappa shape index (κ3) is 4.45. The van der Waals surface area contributed by atoms with E-state index in [4.69, 9.17) is 10.5 Å². The number of hydrogen-bond acceptors (Lipinski definition) is 3. The molecule has 0 radical (unpaired) electrons. The molecule has 0 fully saturated rings. The number of carbonyl (C=O) groups excluding carboxylic acids is 1. The van der Waals surface area contributed by atoms with E-state index in [1.807, 2.05) is 30.3 Å². The molecule has 0 spiro atoms. The van der Waals surface area contributed by atoms with Gasteiger partial charge in [0.15, 0.2) is 0 Å². The van der Waals surface area contributed by atoms with Crippen LogP contribution in [-0.4, -0.2) is 18.7 Å². The first-order valence-electron chi connectivity index (χ1n) is 5.02. The molecule has 3 N–H and O–H groups in total. The number of aliphatic imine (C=N–C) groups is 1. The van der Waals surface area contributed by atoms with E-state index in [1.54, 1.807) is 6.92 Å². The zero-order valence-electron chi connectivity index (χ0n) is 9.14. The van der Waals surface area contributed by atoms with Gasteiger partial charge in [-0.3, -0.25) is 0 Å². The standard InChI is InChI=1S/C11H15N3O2/c1-2-13-10(12)16-11(15)14-8-9-6-4-3-5-7-9/h3-7H,2,8H2,1H3,(H2,12,13)(H,14,15). The summed E-state index contributed by atoms with van der Waals surface area (Å²) in [6.45, 7) is 2.69. The van der Waals surface area contributed by atoms with Crippen molar-refractivity contribution in [1.29, 1.82) is 0 Å². The van der Waals surface area contributed by atoms with Gasteiger partial charge < -0.3 is 15.8 Å². The smallest absolute Gasteiger partial charge is 0.376 e. The van der Waals surface area contributed by atoms with E-state index in [1.165, 1.54) is 0 Å². The summed E-state index contributed by atoms with van der Waals surface area (Å²) in [6, 6.07) is 9.40. The summed E-state index contributed by atoms with van der Waals surface area (Å²) in [4.78, 5) is 14.9. The second-order valence-electron chi connectivity index (χ2n) is 3.04. The Balaban J connectivity index is 2.33. The molecule has 0 saturated heterocycles. The number of nitrogens with one attached hydrogen (secondary N) is 1. The fourth-order valence-corrected chi connectivity index (χ4v) is 1.09. The number of amides is 1. The molecule has 86 valence electrons. The third-order valence-corrected chi connectivity index (χ3v) is 1.79. The lowest BCUT2D eigenvalue weighted by atomic mass is 10.2. The van der Waals surface area contributed by atoms with Crippen molar-refractivity contribution in [3.63, 3.8) is 0 Å². The zero-order valence-corrected chi connectivity index (χ0v) is 9.14. The normalized spacial score (nSPS) is 10.9. The average Bonchev–Trinajstić information content (AvgIpc) is 2.28. The molecular weight excluding hydrogens is 206 g/mol. The summed E-state index contributed by atoms with van der Waals surface area (Å²) >= 11 is 0. The molecule has 0 aliphatic rings. The van der Waals surface area contributed by atoms with Crippen LogP contribution in [0.1, 0.15) is 12.5 Å². The second kappa shape index (κ2) is 6.44. The molecule has 1 rings (SSSR count). The van der Waals surface area contributed by atoms with Crippen molar-refractivity contribution in [2.24, 2.45) is 10.7 Å². The predicted molar refractivity (Wildman–Crippen MR) is 61.9 cm³/mol. The minimum Gasteiger partial charge on any atom is -0.376 e. The van der Waals surface area contributed by atoms with Gasteiger partial charge in [0.1, 0.15) is 0 Å². The Kier molecular flexibility index (Phi) is 4.85. The van der Waals surface area contributed by atoms with Crippen LogP contribution in [-0.2, 0) is 11.3 Å². The van der Waals surface area contributed by atoms with Gasteiger partial charge in [-0.2, -0.15) is 0 Å². The van der Waals surface area contributed by atoms with Crippen molar-refractivity contribution in [2.45, 2.75) is 13.5 Å². The van der Waals surface area contributed by atoms with E-state index in [2.05, 4.69) is 10.3 Å². The molecule has 0 saturated carbocycles. The van der Waals surface area contributed by atoms with Crippen LogP contribution >= 0.6 is 0 Å². The molecule has 5 nitrogen and oxygen atoms in total. The Bertz CT molecular complexity index is 363. The first-order valence-corrected chi connectivity index (χ1v) is 5.02. The second-order valence-corrected chi connectivity index (χ2v) is 3.04. The van der Waals surface area contributed by atoms with Crippen molar-refractivity contribution >= 4 is 12.1 Å². The third-order valence-electron chi connectivity index (χ3n) is 1.79. The predicted octanol–water partition coefficient (Wildman–Crippen LogP) is 1.25. The van der Waals surface area contributed by atoms with Crippen LogP contribution in [0.15, 0.2) is 35.3 Å². The molecule has 0 aromatic heterocycles. The topological polar surface area (TPSA) is 76.7 Å². The van der Waals surface area contributed by atoms with Crippen LogP contribution in [0.25, 0.3) is 0 Å². The summed E-state index contributed by atoms with van der Waals surface area (Å²) < 4.78 is 4.69. The maximum atomic E-state index is 11.2. The van der Waals surface area contributed by atoms with Crippen LogP contribution in [0.4, 0.5) is 4.79 Å². The number of ether oxygens (including phenoxy) is 1. The van der Waals surface area contributed by atoms with Crippen molar-refractivity contribution in [3.05, 3.63) is 35.9 Å². The van der Waals surface area contributed by atoms with Crippen molar-refractivity contribution < 1.29 is 9.53 Å². The van der Waals surface area contributed by atoms with E-state index in [0.717, 1.165) is 5.56 Å². The Morgan fingerprint density at radius 3 is 2.75 bits per heavy atom. The van der Waals surface area contributed by atoms with Gasteiger partial charge in [0.2, 0.25) is 0 Å². The van der Waals surface area contributed by atoms with Crippen LogP contribution < -0.4 is 11.1 Å². The quantitative estimate of drug-likeness (QED) is 0.595. The lowest BCUT2D eigenvalue weighted by Gasteiger charge is -2.05. The van der Waals surface area contributed by atoms with Crippen molar-refractivity contribution in [2.75, 3.05) is 6.54 Å². The Morgan fingerprint density at radius 1 is 1.44 bits per heavy atom. The summed E-state index contributed by atoms with van der Waals surface area (Å²) in [5, 5.41) is 2.57. The number of carbonyl (C=O) groups is 1. The van der Waals surface area contributed by atoms with Gasteiger partial charge in [0.05, 0.1) is 0 Å². The van der Waals surface area contributed by atoms with Gasteiger partial charge in [-0.05, 0) is 12.5 Å². The maximum absolute atomic E-state index is 11.2. The molecule has 1 amide bonds. The number of benzene rings is 1. The summed E-state index contributed by atoms with van der Waals surface area (Å²) in [7, 11) is 0. The Hall–Kier alpha value is -2.04. The number of rotatable bonds is 3. The fourth-order valence-electron chi connectivity index (χ4n) is 1.09. The van der Waals surface area contributed by atoms with Gasteiger partial charge in [-0.1, -0.05) is 30.3 Å². The largest absolute Gasteiger partial charge is 0.415 e. The van der Waals surface area contributed by atoms with Gasteiger partial charge in [0.25, 0.3) is 6.02 Å². The maximum Gasteiger partial charge on any atom is 0.415 e. The van der Waals surface area contributed by atoms with Gasteiger partial charge in [0, 0.05) is 13.1 Å². The van der Waals surface area contributed by atoms with E-state index < -0.39 is 6.09 Å². The first-order chi connectivity index (χ1) is 7.72. The van der Waals surface area contributed by atoms with Crippen LogP contribution in [0.3, 0.4) is 0 Å². The molecular formula is C11H15N3O2. The zero-order chi connectivity index (χ0) is 11.8. The number of nitrogens with zero attached hydrogens (tertiary/aromatic N) is 1. The van der Waals surface area contributed by atoms with Crippen LogP contribution in [0, 0.1) is 0 Å². The molecule has 0 aliphatic heterocycles. The Labute approximate surface area is 94.3 Å². The van der Waals surface area contributed by atoms with E-state index >= 15 is 0 Å².